The van der Waals surface area contributed by atoms with Crippen LogP contribution in [0.25, 0.3) is 0 Å². The highest BCUT2D eigenvalue weighted by atomic mass is 35.5. The molecule has 0 amide bonds. The molecule has 0 aliphatic carbocycles. The van der Waals surface area contributed by atoms with Crippen LogP contribution in [-0.2, 0) is 5.60 Å². The van der Waals surface area contributed by atoms with Gasteiger partial charge in [0.1, 0.15) is 6.54 Å². The van der Waals surface area contributed by atoms with Gasteiger partial charge in [0.15, 0.2) is 5.60 Å². The van der Waals surface area contributed by atoms with Crippen LogP contribution in [0.3, 0.4) is 0 Å². The molecule has 0 spiro atoms. The minimum atomic E-state index is -1.09. The van der Waals surface area contributed by atoms with Gasteiger partial charge in [-0.1, -0.05) is 47.5 Å². The molecule has 22 heavy (non-hydrogen) atoms. The van der Waals surface area contributed by atoms with E-state index in [0.717, 1.165) is 11.1 Å². The quantitative estimate of drug-likeness (QED) is 0.878. The smallest absolute Gasteiger partial charge is 0.163 e. The van der Waals surface area contributed by atoms with Crippen LogP contribution in [0.4, 0.5) is 0 Å². The van der Waals surface area contributed by atoms with E-state index in [2.05, 4.69) is 26.1 Å². The minimum absolute atomic E-state index is 0.0207. The lowest BCUT2D eigenvalue weighted by Crippen LogP contribution is -2.96. The zero-order valence-electron chi connectivity index (χ0n) is 13.1. The molecular weight excluding hydrogens is 317 g/mol. The van der Waals surface area contributed by atoms with Crippen LogP contribution in [-0.4, -0.2) is 17.2 Å². The number of hydrogen-bond donors (Lipinski definition) is 2. The molecule has 0 saturated carbocycles. The van der Waals surface area contributed by atoms with Crippen LogP contribution in [0.5, 0.6) is 0 Å². The standard InChI is InChI=1S/C18H21Cl2NO/c1-17(2,3)21-12-18(22,13-4-8-15(19)9-5-13)14-6-10-16(20)11-7-14/h4-11,21-22H,12H2,1-3H3/p+1. The SMILES string of the molecule is CC(C)(C)[NH2+]CC(O)(c1ccc(Cl)cc1)c1ccc(Cl)cc1. The molecule has 4 heteroatoms. The molecule has 118 valence electrons. The van der Waals surface area contributed by atoms with E-state index < -0.39 is 5.60 Å². The monoisotopic (exact) mass is 338 g/mol. The van der Waals surface area contributed by atoms with Gasteiger partial charge in [0, 0.05) is 10.0 Å². The summed E-state index contributed by atoms with van der Waals surface area (Å²) in [6, 6.07) is 14.7. The van der Waals surface area contributed by atoms with E-state index in [0.29, 0.717) is 16.6 Å². The Morgan fingerprint density at radius 2 is 1.18 bits per heavy atom. The van der Waals surface area contributed by atoms with E-state index in [1.807, 2.05) is 24.3 Å². The summed E-state index contributed by atoms with van der Waals surface area (Å²) in [4.78, 5) is 0. The Bertz CT molecular complexity index is 570. The lowest BCUT2D eigenvalue weighted by atomic mass is 9.85. The van der Waals surface area contributed by atoms with Gasteiger partial charge in [-0.15, -0.1) is 0 Å². The second kappa shape index (κ2) is 6.59. The fraction of sp³-hybridized carbons (Fsp3) is 0.333. The molecule has 0 atom stereocenters. The minimum Gasteiger partial charge on any atom is -0.375 e. The first-order chi connectivity index (χ1) is 10.2. The van der Waals surface area contributed by atoms with E-state index in [4.69, 9.17) is 23.2 Å². The second-order valence-corrected chi connectivity index (χ2v) is 7.52. The molecule has 0 aliphatic heterocycles. The normalized spacial score (nSPS) is 12.5. The van der Waals surface area contributed by atoms with Crippen molar-refractivity contribution in [1.29, 1.82) is 0 Å². The predicted molar refractivity (Wildman–Crippen MR) is 92.4 cm³/mol. The highest BCUT2D eigenvalue weighted by Gasteiger charge is 2.35. The maximum Gasteiger partial charge on any atom is 0.163 e. The van der Waals surface area contributed by atoms with Gasteiger partial charge in [0.2, 0.25) is 0 Å². The largest absolute Gasteiger partial charge is 0.375 e. The van der Waals surface area contributed by atoms with Crippen LogP contribution >= 0.6 is 23.2 Å². The van der Waals surface area contributed by atoms with Gasteiger partial charge in [-0.25, -0.2) is 0 Å². The zero-order valence-corrected chi connectivity index (χ0v) is 14.6. The Morgan fingerprint density at radius 3 is 1.50 bits per heavy atom. The topological polar surface area (TPSA) is 36.8 Å². The summed E-state index contributed by atoms with van der Waals surface area (Å²) in [5, 5.41) is 14.8. The van der Waals surface area contributed by atoms with Crippen LogP contribution in [0.2, 0.25) is 10.0 Å². The third-order valence-corrected chi connectivity index (χ3v) is 4.16. The summed E-state index contributed by atoms with van der Waals surface area (Å²) >= 11 is 11.9. The maximum absolute atomic E-state index is 11.4. The molecule has 2 nitrogen and oxygen atoms in total. The first-order valence-corrected chi connectivity index (χ1v) is 8.05. The third kappa shape index (κ3) is 4.23. The van der Waals surface area contributed by atoms with Crippen LogP contribution < -0.4 is 5.32 Å². The Kier molecular flexibility index (Phi) is 5.18. The fourth-order valence-electron chi connectivity index (χ4n) is 2.31. The van der Waals surface area contributed by atoms with Gasteiger partial charge in [-0.3, -0.25) is 0 Å². The summed E-state index contributed by atoms with van der Waals surface area (Å²) in [5.74, 6) is 0. The van der Waals surface area contributed by atoms with Gasteiger partial charge >= 0.3 is 0 Å². The first-order valence-electron chi connectivity index (χ1n) is 7.29. The molecule has 2 aromatic rings. The number of benzene rings is 2. The summed E-state index contributed by atoms with van der Waals surface area (Å²) < 4.78 is 0. The van der Waals surface area contributed by atoms with E-state index >= 15 is 0 Å². The second-order valence-electron chi connectivity index (χ2n) is 6.65. The highest BCUT2D eigenvalue weighted by Crippen LogP contribution is 2.30. The molecule has 3 N–H and O–H groups in total. The van der Waals surface area contributed by atoms with Crippen molar-refractivity contribution in [1.82, 2.24) is 0 Å². The van der Waals surface area contributed by atoms with Gasteiger partial charge < -0.3 is 10.4 Å². The van der Waals surface area contributed by atoms with Crippen molar-refractivity contribution in [2.75, 3.05) is 6.54 Å². The van der Waals surface area contributed by atoms with Gasteiger partial charge in [0.25, 0.3) is 0 Å². The Morgan fingerprint density at radius 1 is 0.818 bits per heavy atom. The maximum atomic E-state index is 11.4. The molecule has 0 heterocycles. The van der Waals surface area contributed by atoms with Crippen molar-refractivity contribution in [3.63, 3.8) is 0 Å². The molecule has 2 aromatic carbocycles. The van der Waals surface area contributed by atoms with Crippen molar-refractivity contribution in [2.45, 2.75) is 31.9 Å². The Hall–Kier alpha value is -1.06. The van der Waals surface area contributed by atoms with Gasteiger partial charge in [-0.2, -0.15) is 0 Å². The van der Waals surface area contributed by atoms with Crippen LogP contribution in [0, 0.1) is 0 Å². The molecule has 0 aromatic heterocycles. The third-order valence-electron chi connectivity index (χ3n) is 3.65. The first kappa shape index (κ1) is 17.3. The molecule has 0 aliphatic rings. The molecule has 0 bridgehead atoms. The summed E-state index contributed by atoms with van der Waals surface area (Å²) in [5.41, 5.74) is 0.564. The van der Waals surface area contributed by atoms with E-state index in [1.165, 1.54) is 0 Å². The molecule has 0 fully saturated rings. The number of halogens is 2. The predicted octanol–water partition coefficient (Wildman–Crippen LogP) is 3.59. The van der Waals surface area contributed by atoms with Crippen molar-refractivity contribution in [3.8, 4) is 0 Å². The lowest BCUT2D eigenvalue weighted by molar-refractivity contribution is -0.726. The van der Waals surface area contributed by atoms with E-state index in [1.54, 1.807) is 24.3 Å². The zero-order chi connectivity index (χ0) is 16.4. The molecular formula is C18H22Cl2NO+. The summed E-state index contributed by atoms with van der Waals surface area (Å²) in [7, 11) is 0. The Balaban J connectivity index is 2.43. The van der Waals surface area contributed by atoms with Gasteiger partial charge in [0.05, 0.1) is 5.54 Å². The van der Waals surface area contributed by atoms with Crippen LogP contribution in [0.15, 0.2) is 48.5 Å². The Labute approximate surface area is 142 Å². The lowest BCUT2D eigenvalue weighted by Gasteiger charge is -2.31. The van der Waals surface area contributed by atoms with Crippen molar-refractivity contribution in [3.05, 3.63) is 69.7 Å². The molecule has 0 unspecified atom stereocenters. The van der Waals surface area contributed by atoms with Crippen molar-refractivity contribution in [2.24, 2.45) is 0 Å². The van der Waals surface area contributed by atoms with Gasteiger partial charge in [-0.05, 0) is 56.2 Å². The van der Waals surface area contributed by atoms with E-state index in [9.17, 15) is 5.11 Å². The van der Waals surface area contributed by atoms with Crippen molar-refractivity contribution < 1.29 is 10.4 Å². The summed E-state index contributed by atoms with van der Waals surface area (Å²) in [6.45, 7) is 6.88. The summed E-state index contributed by atoms with van der Waals surface area (Å²) in [6.07, 6.45) is 0. The number of rotatable bonds is 4. The molecule has 2 rings (SSSR count). The van der Waals surface area contributed by atoms with Crippen molar-refractivity contribution >= 4 is 23.2 Å². The highest BCUT2D eigenvalue weighted by molar-refractivity contribution is 6.30. The number of quaternary nitrogens is 1. The number of nitrogens with two attached hydrogens (primary N) is 1. The average molecular weight is 339 g/mol. The van der Waals surface area contributed by atoms with E-state index in [-0.39, 0.29) is 5.54 Å². The fourth-order valence-corrected chi connectivity index (χ4v) is 2.56. The molecule has 0 saturated heterocycles. The number of aliphatic hydroxyl groups is 1. The molecule has 0 radical (unpaired) electrons. The van der Waals surface area contributed by atoms with Crippen LogP contribution in [0.1, 0.15) is 31.9 Å². The number of hydrogen-bond acceptors (Lipinski definition) is 1. The average Bonchev–Trinajstić information content (AvgIpc) is 2.45.